The second-order valence-electron chi connectivity index (χ2n) is 19.9. The quantitative estimate of drug-likeness (QED) is 0.0648. The standard InChI is InChI=1S/C32H12BF24.C28H20N/c34-25(35,36)13-1-14(26(37,38)39)6-21(5-13)33(22-7-15(27(40,41)42)2-16(8-22)28(43,44)45,23-9-17(29(46,47)48)3-18(10-23)30(49,50)51)24-11-19(31(52,53)54)4-20(12-24)32(55,56)57;1-2-5-20(6-3-1)19-29-17-15-21(16-18-29)25-13-11-24-10-9-22-7-4-8-23-12-14-26(25)28(24)27(22)23/h1-12H;1-18H,19H2/q-1;+1. The summed E-state index contributed by atoms with van der Waals surface area (Å²) in [7, 11) is 0. The Hall–Kier alpha value is -8.45. The molecular formula is C60H32BF24N. The van der Waals surface area contributed by atoms with E-state index in [1.165, 1.54) is 49.0 Å². The van der Waals surface area contributed by atoms with Crippen LogP contribution in [0.1, 0.15) is 50.1 Å². The summed E-state index contributed by atoms with van der Waals surface area (Å²) >= 11 is 0. The maximum Gasteiger partial charge on any atom is 0.416 e. The van der Waals surface area contributed by atoms with Crippen LogP contribution in [0.2, 0.25) is 0 Å². The number of alkyl halides is 24. The highest BCUT2D eigenvalue weighted by atomic mass is 19.4. The van der Waals surface area contributed by atoms with Gasteiger partial charge in [-0.3, -0.25) is 0 Å². The molecule has 1 heterocycles. The van der Waals surface area contributed by atoms with Gasteiger partial charge in [-0.05, 0) is 67.7 Å². The first-order chi connectivity index (χ1) is 39.6. The van der Waals surface area contributed by atoms with Crippen LogP contribution in [0.5, 0.6) is 0 Å². The predicted molar refractivity (Wildman–Crippen MR) is 271 cm³/mol. The van der Waals surface area contributed by atoms with Crippen molar-refractivity contribution in [3.8, 4) is 11.1 Å². The highest BCUT2D eigenvalue weighted by Crippen LogP contribution is 2.43. The third kappa shape index (κ3) is 12.6. The van der Waals surface area contributed by atoms with Gasteiger partial charge in [0.05, 0.1) is 44.5 Å². The molecule has 86 heavy (non-hydrogen) atoms. The number of halogens is 24. The summed E-state index contributed by atoms with van der Waals surface area (Å²) in [5.41, 5.74) is -26.3. The van der Waals surface area contributed by atoms with Crippen LogP contribution in [0, 0.1) is 0 Å². The zero-order valence-electron chi connectivity index (χ0n) is 42.6. The van der Waals surface area contributed by atoms with Gasteiger partial charge in [-0.25, -0.2) is 4.57 Å². The van der Waals surface area contributed by atoms with Crippen LogP contribution in [0.3, 0.4) is 0 Å². The van der Waals surface area contributed by atoms with Gasteiger partial charge in [0.25, 0.3) is 0 Å². The zero-order valence-corrected chi connectivity index (χ0v) is 42.6. The van der Waals surface area contributed by atoms with Crippen molar-refractivity contribution in [3.63, 3.8) is 0 Å². The molecule has 0 atom stereocenters. The third-order valence-corrected chi connectivity index (χ3v) is 14.4. The second kappa shape index (κ2) is 21.5. The van der Waals surface area contributed by atoms with E-state index in [0.29, 0.717) is 0 Å². The van der Waals surface area contributed by atoms with Crippen LogP contribution >= 0.6 is 0 Å². The van der Waals surface area contributed by atoms with Gasteiger partial charge < -0.3 is 0 Å². The van der Waals surface area contributed by atoms with E-state index < -0.39 is 195 Å². The van der Waals surface area contributed by atoms with Crippen molar-refractivity contribution < 1.29 is 110 Å². The number of aromatic nitrogens is 1. The minimum absolute atomic E-state index is 0.691. The number of pyridine rings is 1. The highest BCUT2D eigenvalue weighted by molar-refractivity contribution is 7.20. The van der Waals surface area contributed by atoms with Gasteiger partial charge in [0.15, 0.2) is 18.9 Å². The molecule has 0 fully saturated rings. The lowest BCUT2D eigenvalue weighted by Crippen LogP contribution is -2.75. The molecule has 26 heteroatoms. The lowest BCUT2D eigenvalue weighted by atomic mass is 9.12. The first-order valence-corrected chi connectivity index (χ1v) is 24.7. The van der Waals surface area contributed by atoms with Crippen LogP contribution in [-0.4, -0.2) is 6.15 Å². The molecular weight excluding hydrogens is 1200 g/mol. The molecule has 0 aliphatic rings. The minimum atomic E-state index is -6.13. The van der Waals surface area contributed by atoms with E-state index in [-0.39, 0.29) is 0 Å². The van der Waals surface area contributed by atoms with E-state index >= 15 is 0 Å². The molecule has 0 bridgehead atoms. The Morgan fingerprint density at radius 1 is 0.279 bits per heavy atom. The maximum atomic E-state index is 14.2. The third-order valence-electron chi connectivity index (χ3n) is 14.4. The normalized spacial score (nSPS) is 13.4. The van der Waals surface area contributed by atoms with E-state index in [1.54, 1.807) is 0 Å². The lowest BCUT2D eigenvalue weighted by molar-refractivity contribution is -0.688. The van der Waals surface area contributed by atoms with E-state index in [2.05, 4.69) is 114 Å². The number of benzene rings is 9. The average molecular weight is 1230 g/mol. The van der Waals surface area contributed by atoms with E-state index in [0.717, 1.165) is 6.54 Å². The highest BCUT2D eigenvalue weighted by Gasteiger charge is 2.47. The molecule has 10 rings (SSSR count). The van der Waals surface area contributed by atoms with E-state index in [4.69, 9.17) is 0 Å². The first kappa shape index (κ1) is 62.1. The summed E-state index contributed by atoms with van der Waals surface area (Å²) in [6, 6.07) is 26.3. The molecule has 0 radical (unpaired) electrons. The van der Waals surface area contributed by atoms with E-state index in [1.807, 2.05) is 0 Å². The molecule has 10 aromatic rings. The number of hydrogen-bond donors (Lipinski definition) is 0. The molecule has 448 valence electrons. The van der Waals surface area contributed by atoms with Gasteiger partial charge in [0.2, 0.25) is 0 Å². The van der Waals surface area contributed by atoms with Gasteiger partial charge in [0.1, 0.15) is 6.15 Å². The molecule has 9 aromatic carbocycles. The summed E-state index contributed by atoms with van der Waals surface area (Å²) in [5.74, 6) is 0. The summed E-state index contributed by atoms with van der Waals surface area (Å²) < 4.78 is 343. The van der Waals surface area contributed by atoms with Crippen molar-refractivity contribution >= 4 is 60.3 Å². The van der Waals surface area contributed by atoms with Gasteiger partial charge in [-0.2, -0.15) is 127 Å². The Morgan fingerprint density at radius 3 is 0.884 bits per heavy atom. The molecule has 0 unspecified atom stereocenters. The molecule has 0 amide bonds. The Kier molecular flexibility index (Phi) is 15.5. The minimum Gasteiger partial charge on any atom is -0.201 e. The molecule has 0 saturated heterocycles. The summed E-state index contributed by atoms with van der Waals surface area (Å²) in [6.07, 6.45) is -50.4. The topological polar surface area (TPSA) is 3.88 Å². The van der Waals surface area contributed by atoms with Crippen LogP contribution < -0.4 is 26.4 Å². The van der Waals surface area contributed by atoms with Gasteiger partial charge in [-0.1, -0.05) is 133 Å². The number of hydrogen-bond acceptors (Lipinski definition) is 0. The molecule has 0 N–H and O–H groups in total. The van der Waals surface area contributed by atoms with Gasteiger partial charge >= 0.3 is 49.4 Å². The van der Waals surface area contributed by atoms with Crippen molar-refractivity contribution in [2.24, 2.45) is 0 Å². The molecule has 0 saturated carbocycles. The largest absolute Gasteiger partial charge is 0.416 e. The van der Waals surface area contributed by atoms with Crippen molar-refractivity contribution in [3.05, 3.63) is 232 Å². The Morgan fingerprint density at radius 2 is 0.570 bits per heavy atom. The number of nitrogens with zero attached hydrogens (tertiary/aromatic N) is 1. The van der Waals surface area contributed by atoms with Crippen molar-refractivity contribution in [2.75, 3.05) is 0 Å². The van der Waals surface area contributed by atoms with E-state index in [9.17, 15) is 105 Å². The molecule has 1 nitrogen and oxygen atoms in total. The second-order valence-corrected chi connectivity index (χ2v) is 19.9. The first-order valence-electron chi connectivity index (χ1n) is 24.7. The Labute approximate surface area is 468 Å². The Balaban J connectivity index is 0.000000251. The fourth-order valence-corrected chi connectivity index (χ4v) is 10.6. The van der Waals surface area contributed by atoms with Crippen LogP contribution in [0.25, 0.3) is 43.4 Å². The van der Waals surface area contributed by atoms with Crippen LogP contribution in [0.15, 0.2) is 182 Å². The summed E-state index contributed by atoms with van der Waals surface area (Å²) in [4.78, 5) is 0. The molecule has 0 aliphatic heterocycles. The van der Waals surface area contributed by atoms with Crippen molar-refractivity contribution in [2.45, 2.75) is 56.0 Å². The molecule has 0 spiro atoms. The SMILES string of the molecule is FC(F)(F)c1cc([B-](c2cc(C(F)(F)F)cc(C(F)(F)F)c2)(c2cc(C(F)(F)F)cc(C(F)(F)F)c2)c2cc(C(F)(F)F)cc(C(F)(F)F)c2)cc(C(F)(F)F)c1.c1ccc(C[n+]2ccc(-c3ccc4ccc5cccc6ccc3c4c56)cc2)cc1. The number of rotatable bonds is 7. The Bertz CT molecular complexity index is 3680. The molecule has 1 aromatic heterocycles. The van der Waals surface area contributed by atoms with Crippen molar-refractivity contribution in [1.82, 2.24) is 0 Å². The summed E-state index contributed by atoms with van der Waals surface area (Å²) in [5, 5.41) is 8.01. The van der Waals surface area contributed by atoms with Crippen molar-refractivity contribution in [1.29, 1.82) is 0 Å². The lowest BCUT2D eigenvalue weighted by Gasteiger charge is -2.46. The smallest absolute Gasteiger partial charge is 0.201 e. The fraction of sp³-hybridized carbons (Fsp3) is 0.150. The zero-order chi connectivity index (χ0) is 63.1. The maximum absolute atomic E-state index is 14.2. The monoisotopic (exact) mass is 1230 g/mol. The fourth-order valence-electron chi connectivity index (χ4n) is 10.6. The average Bonchev–Trinajstić information content (AvgIpc) is 1.17. The van der Waals surface area contributed by atoms with Crippen LogP contribution in [-0.2, 0) is 56.0 Å². The summed E-state index contributed by atoms with van der Waals surface area (Å²) in [6.45, 7) is 0.888. The van der Waals surface area contributed by atoms with Gasteiger partial charge in [-0.15, -0.1) is 0 Å². The van der Waals surface area contributed by atoms with Crippen LogP contribution in [0.4, 0.5) is 105 Å². The molecule has 0 aliphatic carbocycles. The predicted octanol–water partition coefficient (Wildman–Crippen LogP) is 17.8. The van der Waals surface area contributed by atoms with Gasteiger partial charge in [0, 0.05) is 17.7 Å².